The minimum atomic E-state index is -0.579. The maximum absolute atomic E-state index is 12.3. The van der Waals surface area contributed by atoms with Crippen LogP contribution in [0, 0.1) is 0 Å². The van der Waals surface area contributed by atoms with Crippen molar-refractivity contribution in [3.8, 4) is 0 Å². The van der Waals surface area contributed by atoms with Crippen molar-refractivity contribution in [2.45, 2.75) is 58.8 Å². The molecule has 1 amide bonds. The van der Waals surface area contributed by atoms with Gasteiger partial charge in [-0.2, -0.15) is 0 Å². The van der Waals surface area contributed by atoms with Crippen LogP contribution in [-0.4, -0.2) is 81.2 Å². The van der Waals surface area contributed by atoms with Gasteiger partial charge in [0.1, 0.15) is 42.7 Å². The summed E-state index contributed by atoms with van der Waals surface area (Å²) in [7, 11) is 1.86. The molecule has 4 unspecified atom stereocenters. The average molecular weight is 973 g/mol. The second kappa shape index (κ2) is 26.5. The van der Waals surface area contributed by atoms with Crippen LogP contribution in [0.1, 0.15) is 103 Å². The Morgan fingerprint density at radius 3 is 1.53 bits per heavy atom. The van der Waals surface area contributed by atoms with E-state index in [2.05, 4.69) is 75.2 Å². The first-order chi connectivity index (χ1) is 30.4. The summed E-state index contributed by atoms with van der Waals surface area (Å²) in [5.74, 6) is -0.392. The molecule has 4 N–H and O–H groups in total. The van der Waals surface area contributed by atoms with Gasteiger partial charge in [-0.1, -0.05) is 70.0 Å². The van der Waals surface area contributed by atoms with E-state index in [4.69, 9.17) is 74.4 Å². The monoisotopic (exact) mass is 970 g/mol. The van der Waals surface area contributed by atoms with E-state index in [0.717, 1.165) is 16.7 Å². The molecule has 0 bridgehead atoms. The molecule has 0 aliphatic rings. The molecule has 0 aliphatic heterocycles. The summed E-state index contributed by atoms with van der Waals surface area (Å²) in [6.45, 7) is 8.45. The largest absolute Gasteiger partial charge is 0.387 e. The zero-order chi connectivity index (χ0) is 47.3. The van der Waals surface area contributed by atoms with Gasteiger partial charge in [0, 0.05) is 24.9 Å². The van der Waals surface area contributed by atoms with E-state index in [-0.39, 0.29) is 29.8 Å². The number of pyridine rings is 1. The number of rotatable bonds is 8. The molecule has 0 aromatic carbocycles. The molecule has 0 saturated heterocycles. The molecule has 0 spiro atoms. The number of nitrogens with two attached hydrogens (primary N) is 1. The van der Waals surface area contributed by atoms with E-state index < -0.39 is 6.10 Å². The van der Waals surface area contributed by atoms with E-state index >= 15 is 0 Å². The SMILES string of the molecule is CC(=O)c1cnc(Cl)cn1.CC(N)c1cnc(Cl)cn1.CC(N=[N+]=[N-])c1cnc(Cl)cn1.CC(NC(=O)c1cc2c(cn1)ncn2C)c1cnc(Cl)cn1.CC(O)c1cnc(Cl)cn1. The zero-order valence-corrected chi connectivity index (χ0v) is 38.5. The number of hydrogen-bond donors (Lipinski definition) is 3. The Kier molecular flexibility index (Phi) is 21.6. The number of amides is 1. The van der Waals surface area contributed by atoms with Gasteiger partial charge in [-0.05, 0) is 32.4 Å². The number of Topliss-reactive ketones (excluding diaryl/α,β-unsaturated/α-hetero) is 1. The van der Waals surface area contributed by atoms with Gasteiger partial charge < -0.3 is 20.7 Å². The first-order valence-electron chi connectivity index (χ1n) is 18.3. The highest BCUT2D eigenvalue weighted by atomic mass is 35.5. The number of hydrogen-bond acceptors (Lipinski definition) is 17. The third kappa shape index (κ3) is 17.9. The molecule has 7 aromatic rings. The summed E-state index contributed by atoms with van der Waals surface area (Å²) in [6.07, 6.45) is 17.2. The molecule has 64 heavy (non-hydrogen) atoms. The summed E-state index contributed by atoms with van der Waals surface area (Å²) in [5.41, 5.74) is 18.4. The Balaban J connectivity index is 0.000000224. The van der Waals surface area contributed by atoms with E-state index in [1.54, 1.807) is 38.6 Å². The fourth-order valence-electron chi connectivity index (χ4n) is 4.31. The van der Waals surface area contributed by atoms with Crippen LogP contribution < -0.4 is 11.1 Å². The topological polar surface area (TPSA) is 301 Å². The van der Waals surface area contributed by atoms with Crippen LogP contribution in [0.15, 0.2) is 85.7 Å². The van der Waals surface area contributed by atoms with Crippen LogP contribution in [0.4, 0.5) is 0 Å². The van der Waals surface area contributed by atoms with E-state index in [9.17, 15) is 9.59 Å². The lowest BCUT2D eigenvalue weighted by molar-refractivity contribution is 0.0933. The number of azide groups is 1. The normalized spacial score (nSPS) is 12.0. The first kappa shape index (κ1) is 52.2. The molecule has 0 fully saturated rings. The molecular weight excluding hydrogens is 934 g/mol. The lowest BCUT2D eigenvalue weighted by Gasteiger charge is -2.12. The molecule has 0 aliphatic carbocycles. The van der Waals surface area contributed by atoms with Gasteiger partial charge in [-0.3, -0.25) is 29.5 Å². The van der Waals surface area contributed by atoms with Crippen molar-refractivity contribution >= 4 is 80.7 Å². The van der Waals surface area contributed by atoms with Crippen molar-refractivity contribution in [3.05, 3.63) is 151 Å². The number of carbonyl (C=O) groups is 2. The Bertz CT molecular complexity index is 2530. The lowest BCUT2D eigenvalue weighted by Crippen LogP contribution is -2.28. The smallest absolute Gasteiger partial charge is 0.270 e. The first-order valence-corrected chi connectivity index (χ1v) is 20.2. The standard InChI is InChI=1S/C14H13ClN6O.C6H6ClN5.C6H8ClN3.C6H7ClN2O.C6H5ClN2O/c1-8(10-4-18-13(15)6-17-10)20-14(22)9-3-12-11(5-16-9)19-7-21(12)2;1-4(11-12-8)5-2-10-6(7)3-9-5;1-4(8)5-2-10-6(7)3-9-5;2*1-4(10)5-2-9-6(7)3-8-5/h3-8H,1-2H3,(H,20,22);2-4H,1H3;2-4H,8H2,1H3;2-4,10H,1H3;2-3H,1H3. The van der Waals surface area contributed by atoms with E-state index in [0.29, 0.717) is 54.2 Å². The molecule has 7 rings (SSSR count). The minimum absolute atomic E-state index is 0.0789. The predicted molar refractivity (Wildman–Crippen MR) is 240 cm³/mol. The number of ketones is 1. The fraction of sp³-hybridized carbons (Fsp3) is 0.263. The molecular formula is C38H39Cl5N18O3. The average Bonchev–Trinajstić information content (AvgIpc) is 3.65. The van der Waals surface area contributed by atoms with Crippen molar-refractivity contribution < 1.29 is 14.7 Å². The van der Waals surface area contributed by atoms with E-state index in [1.807, 2.05) is 25.5 Å². The van der Waals surface area contributed by atoms with Crippen LogP contribution >= 0.6 is 58.0 Å². The van der Waals surface area contributed by atoms with Crippen LogP contribution in [0.5, 0.6) is 0 Å². The van der Waals surface area contributed by atoms with Crippen LogP contribution in [0.3, 0.4) is 0 Å². The number of aliphatic hydroxyl groups excluding tert-OH is 1. The summed E-state index contributed by atoms with van der Waals surface area (Å²) in [6, 6.07) is 1.02. The molecule has 0 radical (unpaired) electrons. The molecule has 334 valence electrons. The van der Waals surface area contributed by atoms with Crippen LogP contribution in [0.2, 0.25) is 25.8 Å². The number of carbonyl (C=O) groups excluding carboxylic acids is 2. The summed E-state index contributed by atoms with van der Waals surface area (Å²) in [4.78, 5) is 72.5. The number of fused-ring (bicyclic) bond motifs is 1. The van der Waals surface area contributed by atoms with Crippen LogP contribution in [0.25, 0.3) is 21.5 Å². The number of halogens is 5. The van der Waals surface area contributed by atoms with E-state index in [1.165, 1.54) is 62.7 Å². The van der Waals surface area contributed by atoms with Gasteiger partial charge in [0.05, 0.1) is 121 Å². The van der Waals surface area contributed by atoms with Gasteiger partial charge in [-0.25, -0.2) is 39.9 Å². The van der Waals surface area contributed by atoms with Gasteiger partial charge in [-0.15, -0.1) is 0 Å². The van der Waals surface area contributed by atoms with Crippen molar-refractivity contribution in [1.82, 2.24) is 69.7 Å². The molecule has 21 nitrogen and oxygen atoms in total. The zero-order valence-electron chi connectivity index (χ0n) is 34.7. The Morgan fingerprint density at radius 1 is 0.656 bits per heavy atom. The Labute approximate surface area is 391 Å². The highest BCUT2D eigenvalue weighted by Crippen LogP contribution is 2.16. The number of aliphatic hydroxyl groups is 1. The Morgan fingerprint density at radius 2 is 1.11 bits per heavy atom. The van der Waals surface area contributed by atoms with Gasteiger partial charge in [0.25, 0.3) is 5.91 Å². The highest BCUT2D eigenvalue weighted by Gasteiger charge is 2.15. The molecule has 4 atom stereocenters. The van der Waals surface area contributed by atoms with Crippen molar-refractivity contribution in [1.29, 1.82) is 0 Å². The van der Waals surface area contributed by atoms with Crippen molar-refractivity contribution in [2.24, 2.45) is 17.9 Å². The summed E-state index contributed by atoms with van der Waals surface area (Å²) in [5, 5.41) is 16.9. The van der Waals surface area contributed by atoms with Crippen LogP contribution in [-0.2, 0) is 7.05 Å². The maximum atomic E-state index is 12.3. The number of aromatic nitrogens is 13. The third-order valence-corrected chi connectivity index (χ3v) is 8.70. The number of aryl methyl sites for hydroxylation is 1. The molecule has 7 heterocycles. The number of imidazole rings is 1. The Hall–Kier alpha value is -6.16. The van der Waals surface area contributed by atoms with Crippen molar-refractivity contribution in [3.63, 3.8) is 0 Å². The van der Waals surface area contributed by atoms with Gasteiger partial charge in [0.15, 0.2) is 5.78 Å². The fourth-order valence-corrected chi connectivity index (χ4v) is 4.80. The molecule has 7 aromatic heterocycles. The predicted octanol–water partition coefficient (Wildman–Crippen LogP) is 8.07. The lowest BCUT2D eigenvalue weighted by atomic mass is 10.2. The molecule has 26 heteroatoms. The summed E-state index contributed by atoms with van der Waals surface area (Å²) < 4.78 is 1.84. The third-order valence-electron chi connectivity index (χ3n) is 7.73. The minimum Gasteiger partial charge on any atom is -0.387 e. The maximum Gasteiger partial charge on any atom is 0.270 e. The quantitative estimate of drug-likeness (QED) is 0.0561. The van der Waals surface area contributed by atoms with Gasteiger partial charge in [0.2, 0.25) is 0 Å². The second-order valence-electron chi connectivity index (χ2n) is 12.8. The number of nitrogens with zero attached hydrogens (tertiary/aromatic N) is 16. The second-order valence-corrected chi connectivity index (χ2v) is 14.7. The van der Waals surface area contributed by atoms with Crippen molar-refractivity contribution in [2.75, 3.05) is 0 Å². The number of nitrogens with one attached hydrogen (secondary N) is 1. The highest BCUT2D eigenvalue weighted by molar-refractivity contribution is 6.30. The summed E-state index contributed by atoms with van der Waals surface area (Å²) >= 11 is 27.6. The van der Waals surface area contributed by atoms with Gasteiger partial charge >= 0.3 is 0 Å². The molecule has 0 saturated carbocycles.